The van der Waals surface area contributed by atoms with Gasteiger partial charge in [0.2, 0.25) is 0 Å². The molecular formula is C11H7ClFNO2S. The predicted octanol–water partition coefficient (Wildman–Crippen LogP) is 2.82. The molecule has 0 aliphatic carbocycles. The van der Waals surface area contributed by atoms with E-state index < -0.39 is 14.9 Å². The molecule has 2 rings (SSSR count). The molecule has 0 spiro atoms. The highest BCUT2D eigenvalue weighted by atomic mass is 35.7. The van der Waals surface area contributed by atoms with Crippen molar-refractivity contribution in [3.63, 3.8) is 0 Å². The Labute approximate surface area is 102 Å². The highest BCUT2D eigenvalue weighted by Crippen LogP contribution is 2.25. The third-order valence-corrected chi connectivity index (χ3v) is 3.55. The maximum atomic E-state index is 13.7. The van der Waals surface area contributed by atoms with Gasteiger partial charge in [0.05, 0.1) is 4.90 Å². The summed E-state index contributed by atoms with van der Waals surface area (Å²) >= 11 is 0. The Morgan fingerprint density at radius 3 is 2.53 bits per heavy atom. The van der Waals surface area contributed by atoms with E-state index in [1.807, 2.05) is 0 Å². The summed E-state index contributed by atoms with van der Waals surface area (Å²) in [5.41, 5.74) is 0.852. The SMILES string of the molecule is O=S(=O)(Cl)c1ccc(-c2cccnc2)c(F)c1. The fourth-order valence-corrected chi connectivity index (χ4v) is 2.17. The van der Waals surface area contributed by atoms with Crippen LogP contribution >= 0.6 is 10.7 Å². The minimum atomic E-state index is -3.91. The highest BCUT2D eigenvalue weighted by Gasteiger charge is 2.13. The van der Waals surface area contributed by atoms with Crippen LogP contribution in [-0.4, -0.2) is 13.4 Å². The minimum Gasteiger partial charge on any atom is -0.264 e. The van der Waals surface area contributed by atoms with E-state index in [1.54, 1.807) is 18.3 Å². The lowest BCUT2D eigenvalue weighted by Gasteiger charge is -2.04. The van der Waals surface area contributed by atoms with Crippen LogP contribution in [0.4, 0.5) is 4.39 Å². The molecule has 1 aromatic heterocycles. The average Bonchev–Trinajstić information content (AvgIpc) is 2.29. The van der Waals surface area contributed by atoms with E-state index in [9.17, 15) is 12.8 Å². The lowest BCUT2D eigenvalue weighted by Crippen LogP contribution is -1.93. The van der Waals surface area contributed by atoms with Gasteiger partial charge in [0.1, 0.15) is 5.82 Å². The van der Waals surface area contributed by atoms with Gasteiger partial charge in [0.15, 0.2) is 0 Å². The van der Waals surface area contributed by atoms with Crippen molar-refractivity contribution < 1.29 is 12.8 Å². The van der Waals surface area contributed by atoms with E-state index >= 15 is 0 Å². The Balaban J connectivity index is 2.54. The van der Waals surface area contributed by atoms with E-state index in [-0.39, 0.29) is 10.5 Å². The van der Waals surface area contributed by atoms with Crippen molar-refractivity contribution in [3.05, 3.63) is 48.5 Å². The fourth-order valence-electron chi connectivity index (χ4n) is 1.40. The zero-order valence-corrected chi connectivity index (χ0v) is 10.0. The Morgan fingerprint density at radius 1 is 1.24 bits per heavy atom. The molecule has 0 radical (unpaired) electrons. The standard InChI is InChI=1S/C11H7ClFNO2S/c12-17(15,16)9-3-4-10(11(13)6-9)8-2-1-5-14-7-8/h1-7H. The zero-order chi connectivity index (χ0) is 12.5. The Bertz CT molecular complexity index is 644. The van der Waals surface area contributed by atoms with Crippen molar-refractivity contribution in [2.24, 2.45) is 0 Å². The maximum absolute atomic E-state index is 13.7. The molecule has 0 saturated heterocycles. The van der Waals surface area contributed by atoms with Gasteiger partial charge in [-0.25, -0.2) is 12.8 Å². The van der Waals surface area contributed by atoms with Gasteiger partial charge in [-0.05, 0) is 18.2 Å². The largest absolute Gasteiger partial charge is 0.264 e. The van der Waals surface area contributed by atoms with Crippen LogP contribution in [0.1, 0.15) is 0 Å². The number of hydrogen-bond acceptors (Lipinski definition) is 3. The van der Waals surface area contributed by atoms with Gasteiger partial charge in [-0.3, -0.25) is 4.98 Å². The number of aromatic nitrogens is 1. The Kier molecular flexibility index (Phi) is 3.13. The molecule has 0 saturated carbocycles. The third-order valence-electron chi connectivity index (χ3n) is 2.19. The Morgan fingerprint density at radius 2 is 2.00 bits per heavy atom. The van der Waals surface area contributed by atoms with Crippen LogP contribution in [0.25, 0.3) is 11.1 Å². The summed E-state index contributed by atoms with van der Waals surface area (Å²) in [6, 6.07) is 6.86. The van der Waals surface area contributed by atoms with Gasteiger partial charge in [-0.1, -0.05) is 12.1 Å². The monoisotopic (exact) mass is 271 g/mol. The minimum absolute atomic E-state index is 0.260. The number of benzene rings is 1. The van der Waals surface area contributed by atoms with Gasteiger partial charge >= 0.3 is 0 Å². The van der Waals surface area contributed by atoms with E-state index in [4.69, 9.17) is 10.7 Å². The van der Waals surface area contributed by atoms with Crippen LogP contribution in [0.3, 0.4) is 0 Å². The topological polar surface area (TPSA) is 47.0 Å². The summed E-state index contributed by atoms with van der Waals surface area (Å²) in [6.45, 7) is 0. The fraction of sp³-hybridized carbons (Fsp3) is 0. The smallest absolute Gasteiger partial charge is 0.261 e. The van der Waals surface area contributed by atoms with Crippen LogP contribution < -0.4 is 0 Å². The first-order valence-corrected chi connectivity index (χ1v) is 6.94. The van der Waals surface area contributed by atoms with Crippen molar-refractivity contribution >= 4 is 19.7 Å². The van der Waals surface area contributed by atoms with Gasteiger partial charge < -0.3 is 0 Å². The van der Waals surface area contributed by atoms with Crippen LogP contribution in [0.15, 0.2) is 47.6 Å². The molecule has 2 aromatic rings. The number of halogens is 2. The van der Waals surface area contributed by atoms with E-state index in [2.05, 4.69) is 4.98 Å². The molecule has 0 aliphatic rings. The first kappa shape index (κ1) is 12.0. The molecular weight excluding hydrogens is 265 g/mol. The van der Waals surface area contributed by atoms with E-state index in [0.717, 1.165) is 6.07 Å². The lowest BCUT2D eigenvalue weighted by atomic mass is 10.1. The van der Waals surface area contributed by atoms with Gasteiger partial charge in [-0.15, -0.1) is 0 Å². The summed E-state index contributed by atoms with van der Waals surface area (Å²) in [7, 11) is 1.21. The van der Waals surface area contributed by atoms with E-state index in [1.165, 1.54) is 18.3 Å². The quantitative estimate of drug-likeness (QED) is 0.789. The zero-order valence-electron chi connectivity index (χ0n) is 8.47. The number of pyridine rings is 1. The second-order valence-electron chi connectivity index (χ2n) is 3.32. The molecule has 0 N–H and O–H groups in total. The van der Waals surface area contributed by atoms with Gasteiger partial charge in [0.25, 0.3) is 9.05 Å². The average molecular weight is 272 g/mol. The Hall–Kier alpha value is -1.46. The second kappa shape index (κ2) is 4.43. The second-order valence-corrected chi connectivity index (χ2v) is 5.89. The molecule has 0 aliphatic heterocycles. The van der Waals surface area contributed by atoms with Crippen LogP contribution in [0.2, 0.25) is 0 Å². The molecule has 0 fully saturated rings. The molecule has 1 aromatic carbocycles. The summed E-state index contributed by atoms with van der Waals surface area (Å²) in [5.74, 6) is -0.653. The summed E-state index contributed by atoms with van der Waals surface area (Å²) in [6.07, 6.45) is 3.06. The molecule has 1 heterocycles. The van der Waals surface area contributed by atoms with Crippen molar-refractivity contribution in [2.75, 3.05) is 0 Å². The molecule has 0 amide bonds. The van der Waals surface area contributed by atoms with Crippen molar-refractivity contribution in [1.82, 2.24) is 4.98 Å². The van der Waals surface area contributed by atoms with Crippen molar-refractivity contribution in [2.45, 2.75) is 4.90 Å². The first-order chi connectivity index (χ1) is 7.98. The summed E-state index contributed by atoms with van der Waals surface area (Å²) < 4.78 is 35.8. The van der Waals surface area contributed by atoms with Crippen LogP contribution in [-0.2, 0) is 9.05 Å². The molecule has 0 atom stereocenters. The molecule has 17 heavy (non-hydrogen) atoms. The molecule has 0 unspecified atom stereocenters. The maximum Gasteiger partial charge on any atom is 0.261 e. The predicted molar refractivity (Wildman–Crippen MR) is 62.7 cm³/mol. The normalized spacial score (nSPS) is 11.4. The number of nitrogens with zero attached hydrogens (tertiary/aromatic N) is 1. The molecule has 0 bridgehead atoms. The summed E-state index contributed by atoms with van der Waals surface area (Å²) in [4.78, 5) is 3.60. The van der Waals surface area contributed by atoms with Gasteiger partial charge in [0, 0.05) is 34.2 Å². The third kappa shape index (κ3) is 2.62. The van der Waals surface area contributed by atoms with Crippen LogP contribution in [0, 0.1) is 5.82 Å². The molecule has 88 valence electrons. The first-order valence-electron chi connectivity index (χ1n) is 4.63. The number of rotatable bonds is 2. The van der Waals surface area contributed by atoms with Crippen LogP contribution in [0.5, 0.6) is 0 Å². The van der Waals surface area contributed by atoms with Gasteiger partial charge in [-0.2, -0.15) is 0 Å². The summed E-state index contributed by atoms with van der Waals surface area (Å²) in [5, 5.41) is 0. The lowest BCUT2D eigenvalue weighted by molar-refractivity contribution is 0.603. The van der Waals surface area contributed by atoms with Crippen molar-refractivity contribution in [1.29, 1.82) is 0 Å². The molecule has 6 heteroatoms. The van der Waals surface area contributed by atoms with Crippen molar-refractivity contribution in [3.8, 4) is 11.1 Å². The highest BCUT2D eigenvalue weighted by molar-refractivity contribution is 8.13. The molecule has 3 nitrogen and oxygen atoms in total. The van der Waals surface area contributed by atoms with E-state index in [0.29, 0.717) is 5.56 Å². The number of hydrogen-bond donors (Lipinski definition) is 0.